The fourth-order valence-electron chi connectivity index (χ4n) is 1.69. The standard InChI is InChI=1S/C12H10F3NS/c1-7-3-4-16-11-9(7)5-8(17-2)6-10(11)12(13,14)15/h3-6H,1-2H3. The molecule has 0 aliphatic rings. The Morgan fingerprint density at radius 1 is 1.24 bits per heavy atom. The first-order chi connectivity index (χ1) is 7.93. The quantitative estimate of drug-likeness (QED) is 0.707. The molecule has 0 amide bonds. The highest BCUT2D eigenvalue weighted by atomic mass is 32.2. The van der Waals surface area contributed by atoms with E-state index in [9.17, 15) is 13.2 Å². The fraction of sp³-hybridized carbons (Fsp3) is 0.250. The van der Waals surface area contributed by atoms with Gasteiger partial charge in [0.15, 0.2) is 0 Å². The summed E-state index contributed by atoms with van der Waals surface area (Å²) in [4.78, 5) is 4.45. The molecule has 0 aliphatic carbocycles. The molecule has 0 saturated heterocycles. The molecule has 1 nitrogen and oxygen atoms in total. The maximum absolute atomic E-state index is 12.9. The summed E-state index contributed by atoms with van der Waals surface area (Å²) in [5, 5.41) is 0.562. The zero-order valence-electron chi connectivity index (χ0n) is 9.30. The first kappa shape index (κ1) is 12.2. The van der Waals surface area contributed by atoms with Crippen molar-refractivity contribution >= 4 is 22.7 Å². The molecule has 0 unspecified atom stereocenters. The van der Waals surface area contributed by atoms with E-state index >= 15 is 0 Å². The van der Waals surface area contributed by atoms with Crippen molar-refractivity contribution < 1.29 is 13.2 Å². The van der Waals surface area contributed by atoms with Crippen molar-refractivity contribution in [2.24, 2.45) is 0 Å². The van der Waals surface area contributed by atoms with Gasteiger partial charge in [-0.1, -0.05) is 0 Å². The lowest BCUT2D eigenvalue weighted by molar-refractivity contribution is -0.136. The molecule has 0 spiro atoms. The number of hydrogen-bond acceptors (Lipinski definition) is 2. The fourth-order valence-corrected chi connectivity index (χ4v) is 2.17. The minimum Gasteiger partial charge on any atom is -0.256 e. The molecule has 0 saturated carbocycles. The van der Waals surface area contributed by atoms with Gasteiger partial charge in [0.2, 0.25) is 0 Å². The third-order valence-electron chi connectivity index (χ3n) is 2.58. The number of nitrogens with zero attached hydrogens (tertiary/aromatic N) is 1. The van der Waals surface area contributed by atoms with Gasteiger partial charge in [-0.05, 0) is 36.9 Å². The normalized spacial score (nSPS) is 12.1. The van der Waals surface area contributed by atoms with E-state index in [2.05, 4.69) is 4.98 Å². The Bertz CT molecular complexity index is 563. The van der Waals surface area contributed by atoms with Crippen LogP contribution in [0.3, 0.4) is 0 Å². The number of fused-ring (bicyclic) bond motifs is 1. The predicted molar refractivity (Wildman–Crippen MR) is 63.3 cm³/mol. The van der Waals surface area contributed by atoms with E-state index in [0.717, 1.165) is 11.6 Å². The molecule has 1 aromatic heterocycles. The van der Waals surface area contributed by atoms with Gasteiger partial charge in [0.25, 0.3) is 0 Å². The van der Waals surface area contributed by atoms with E-state index in [1.807, 2.05) is 0 Å². The number of aryl methyl sites for hydroxylation is 1. The van der Waals surface area contributed by atoms with Gasteiger partial charge >= 0.3 is 6.18 Å². The second kappa shape index (κ2) is 4.22. The highest BCUT2D eigenvalue weighted by Gasteiger charge is 2.33. The van der Waals surface area contributed by atoms with Crippen molar-refractivity contribution in [2.45, 2.75) is 18.0 Å². The number of pyridine rings is 1. The van der Waals surface area contributed by atoms with Gasteiger partial charge in [-0.2, -0.15) is 13.2 Å². The molecular formula is C12H10F3NS. The van der Waals surface area contributed by atoms with Gasteiger partial charge in [0.1, 0.15) is 0 Å². The third-order valence-corrected chi connectivity index (χ3v) is 3.28. The van der Waals surface area contributed by atoms with Crippen molar-refractivity contribution in [3.63, 3.8) is 0 Å². The molecule has 1 heterocycles. The van der Waals surface area contributed by atoms with Crippen molar-refractivity contribution in [2.75, 3.05) is 6.26 Å². The molecule has 5 heteroatoms. The molecule has 2 aromatic rings. The summed E-state index contributed by atoms with van der Waals surface area (Å²) in [6, 6.07) is 4.61. The number of halogens is 3. The van der Waals surface area contributed by atoms with Gasteiger partial charge in [0.05, 0.1) is 11.1 Å². The Labute approximate surface area is 101 Å². The maximum Gasteiger partial charge on any atom is 0.418 e. The molecule has 0 atom stereocenters. The van der Waals surface area contributed by atoms with Crippen LogP contribution in [-0.2, 0) is 6.18 Å². The number of thioether (sulfide) groups is 1. The van der Waals surface area contributed by atoms with Crippen LogP contribution in [0.15, 0.2) is 29.3 Å². The average molecular weight is 257 g/mol. The van der Waals surface area contributed by atoms with Crippen LogP contribution in [0.1, 0.15) is 11.1 Å². The minimum atomic E-state index is -4.37. The predicted octanol–water partition coefficient (Wildman–Crippen LogP) is 4.28. The van der Waals surface area contributed by atoms with E-state index in [1.54, 1.807) is 25.3 Å². The Balaban J connectivity index is 2.86. The lowest BCUT2D eigenvalue weighted by Gasteiger charge is -2.12. The molecule has 0 radical (unpaired) electrons. The van der Waals surface area contributed by atoms with Gasteiger partial charge in [-0.15, -0.1) is 11.8 Å². The van der Waals surface area contributed by atoms with Gasteiger partial charge < -0.3 is 0 Å². The molecular weight excluding hydrogens is 247 g/mol. The van der Waals surface area contributed by atoms with Crippen LogP contribution in [-0.4, -0.2) is 11.2 Å². The zero-order chi connectivity index (χ0) is 12.6. The summed E-state index contributed by atoms with van der Waals surface area (Å²) in [7, 11) is 0. The first-order valence-corrected chi connectivity index (χ1v) is 6.16. The van der Waals surface area contributed by atoms with Crippen LogP contribution >= 0.6 is 11.8 Å². The van der Waals surface area contributed by atoms with Gasteiger partial charge in [0, 0.05) is 16.5 Å². The lowest BCUT2D eigenvalue weighted by Crippen LogP contribution is -2.07. The van der Waals surface area contributed by atoms with E-state index in [-0.39, 0.29) is 5.52 Å². The van der Waals surface area contributed by atoms with Gasteiger partial charge in [-0.25, -0.2) is 0 Å². The number of aromatic nitrogens is 1. The van der Waals surface area contributed by atoms with Crippen LogP contribution in [0.2, 0.25) is 0 Å². The first-order valence-electron chi connectivity index (χ1n) is 4.94. The van der Waals surface area contributed by atoms with E-state index in [4.69, 9.17) is 0 Å². The van der Waals surface area contributed by atoms with Gasteiger partial charge in [-0.3, -0.25) is 4.98 Å². The highest BCUT2D eigenvalue weighted by Crippen LogP contribution is 2.37. The number of alkyl halides is 3. The molecule has 90 valence electrons. The largest absolute Gasteiger partial charge is 0.418 e. The Hall–Kier alpha value is -1.23. The molecule has 0 bridgehead atoms. The molecule has 2 rings (SSSR count). The van der Waals surface area contributed by atoms with Crippen molar-refractivity contribution in [1.29, 1.82) is 0 Å². The summed E-state index contributed by atoms with van der Waals surface area (Å²) >= 11 is 1.29. The smallest absolute Gasteiger partial charge is 0.256 e. The summed E-state index contributed by atoms with van der Waals surface area (Å²) in [6.45, 7) is 1.79. The van der Waals surface area contributed by atoms with E-state index < -0.39 is 11.7 Å². The zero-order valence-corrected chi connectivity index (χ0v) is 10.1. The van der Waals surface area contributed by atoms with Crippen LogP contribution in [0.5, 0.6) is 0 Å². The average Bonchev–Trinajstić information content (AvgIpc) is 2.27. The highest BCUT2D eigenvalue weighted by molar-refractivity contribution is 7.98. The van der Waals surface area contributed by atoms with Crippen molar-refractivity contribution in [3.05, 3.63) is 35.5 Å². The summed E-state index contributed by atoms with van der Waals surface area (Å²) in [5.74, 6) is 0. The number of benzene rings is 1. The Morgan fingerprint density at radius 3 is 2.53 bits per heavy atom. The summed E-state index contributed by atoms with van der Waals surface area (Å²) in [5.41, 5.74) is 0.162. The second-order valence-corrected chi connectivity index (χ2v) is 4.58. The van der Waals surface area contributed by atoms with Crippen LogP contribution in [0.25, 0.3) is 10.9 Å². The second-order valence-electron chi connectivity index (χ2n) is 3.70. The molecule has 17 heavy (non-hydrogen) atoms. The van der Waals surface area contributed by atoms with Crippen LogP contribution in [0.4, 0.5) is 13.2 Å². The van der Waals surface area contributed by atoms with Crippen molar-refractivity contribution in [1.82, 2.24) is 4.98 Å². The minimum absolute atomic E-state index is 0.0234. The topological polar surface area (TPSA) is 12.9 Å². The number of rotatable bonds is 1. The Kier molecular flexibility index (Phi) is 3.03. The van der Waals surface area contributed by atoms with Crippen LogP contribution in [0, 0.1) is 6.92 Å². The SMILES string of the molecule is CSc1cc(C(F)(F)F)c2nccc(C)c2c1. The van der Waals surface area contributed by atoms with E-state index in [1.165, 1.54) is 18.0 Å². The molecule has 1 aromatic carbocycles. The summed E-state index contributed by atoms with van der Waals surface area (Å²) in [6.07, 6.45) is -1.20. The van der Waals surface area contributed by atoms with Crippen molar-refractivity contribution in [3.8, 4) is 0 Å². The van der Waals surface area contributed by atoms with Crippen LogP contribution < -0.4 is 0 Å². The Morgan fingerprint density at radius 2 is 1.94 bits per heavy atom. The molecule has 0 fully saturated rings. The maximum atomic E-state index is 12.9. The lowest BCUT2D eigenvalue weighted by atomic mass is 10.1. The van der Waals surface area contributed by atoms with E-state index in [0.29, 0.717) is 10.3 Å². The number of hydrogen-bond donors (Lipinski definition) is 0. The molecule has 0 N–H and O–H groups in total. The summed E-state index contributed by atoms with van der Waals surface area (Å²) < 4.78 is 38.7. The third kappa shape index (κ3) is 2.24. The monoisotopic (exact) mass is 257 g/mol. The molecule has 0 aliphatic heterocycles.